The van der Waals surface area contributed by atoms with Gasteiger partial charge in [0.2, 0.25) is 0 Å². The highest BCUT2D eigenvalue weighted by molar-refractivity contribution is 5.98. The number of amides is 1. The molecule has 1 aromatic rings. The number of nitro groups is 1. The number of piperazine rings is 1. The number of benzene rings is 1. The summed E-state index contributed by atoms with van der Waals surface area (Å²) in [5.74, 6) is -0.294. The van der Waals surface area contributed by atoms with E-state index in [2.05, 4.69) is 4.90 Å². The number of aliphatic hydroxyl groups is 1. The minimum atomic E-state index is -0.488. The SMILES string of the molecule is CCC(CO)N1CCN(C(=O)c2cccc(C)c2[N+](=O)[O-])CC1. The van der Waals surface area contributed by atoms with Gasteiger partial charge in [0.05, 0.1) is 11.5 Å². The molecule has 1 heterocycles. The number of hydrogen-bond donors (Lipinski definition) is 1. The molecule has 1 atom stereocenters. The maximum Gasteiger partial charge on any atom is 0.285 e. The number of nitrogens with zero attached hydrogens (tertiary/aromatic N) is 3. The molecule has 0 radical (unpaired) electrons. The molecule has 7 heteroatoms. The van der Waals surface area contributed by atoms with Crippen LogP contribution in [0.25, 0.3) is 0 Å². The Labute approximate surface area is 135 Å². The summed E-state index contributed by atoms with van der Waals surface area (Å²) in [6, 6.07) is 4.94. The van der Waals surface area contributed by atoms with Gasteiger partial charge in [-0.1, -0.05) is 19.1 Å². The number of rotatable bonds is 5. The van der Waals surface area contributed by atoms with Crippen LogP contribution in [-0.4, -0.2) is 64.6 Å². The fraction of sp³-hybridized carbons (Fsp3) is 0.562. The molecular formula is C16H23N3O4. The van der Waals surface area contributed by atoms with Crippen LogP contribution >= 0.6 is 0 Å². The average Bonchev–Trinajstić information content (AvgIpc) is 2.55. The van der Waals surface area contributed by atoms with E-state index in [9.17, 15) is 20.0 Å². The smallest absolute Gasteiger partial charge is 0.285 e. The molecule has 1 saturated heterocycles. The normalized spacial score (nSPS) is 17.1. The van der Waals surface area contributed by atoms with Crippen molar-refractivity contribution >= 4 is 11.6 Å². The summed E-state index contributed by atoms with van der Waals surface area (Å²) in [7, 11) is 0. The van der Waals surface area contributed by atoms with Gasteiger partial charge in [-0.2, -0.15) is 0 Å². The van der Waals surface area contributed by atoms with Gasteiger partial charge in [0.15, 0.2) is 0 Å². The van der Waals surface area contributed by atoms with Crippen molar-refractivity contribution in [3.05, 3.63) is 39.4 Å². The first-order valence-corrected chi connectivity index (χ1v) is 7.87. The predicted molar refractivity (Wildman–Crippen MR) is 86.5 cm³/mol. The monoisotopic (exact) mass is 321 g/mol. The van der Waals surface area contributed by atoms with E-state index in [0.29, 0.717) is 31.7 Å². The molecule has 7 nitrogen and oxygen atoms in total. The molecular weight excluding hydrogens is 298 g/mol. The van der Waals surface area contributed by atoms with Gasteiger partial charge in [0.1, 0.15) is 5.56 Å². The van der Waals surface area contributed by atoms with Gasteiger partial charge >= 0.3 is 0 Å². The fourth-order valence-electron chi connectivity index (χ4n) is 3.04. The molecule has 126 valence electrons. The highest BCUT2D eigenvalue weighted by atomic mass is 16.6. The van der Waals surface area contributed by atoms with Crippen molar-refractivity contribution in [2.45, 2.75) is 26.3 Å². The molecule has 0 spiro atoms. The number of aryl methyl sites for hydroxylation is 1. The minimum Gasteiger partial charge on any atom is -0.395 e. The van der Waals surface area contributed by atoms with E-state index in [4.69, 9.17) is 0 Å². The van der Waals surface area contributed by atoms with Crippen LogP contribution in [0.3, 0.4) is 0 Å². The van der Waals surface area contributed by atoms with Gasteiger partial charge in [0.25, 0.3) is 11.6 Å². The maximum atomic E-state index is 12.6. The fourth-order valence-corrected chi connectivity index (χ4v) is 3.04. The molecule has 1 aromatic carbocycles. The van der Waals surface area contributed by atoms with Crippen LogP contribution in [0.5, 0.6) is 0 Å². The van der Waals surface area contributed by atoms with E-state index in [1.54, 1.807) is 24.0 Å². The molecule has 1 aliphatic heterocycles. The summed E-state index contributed by atoms with van der Waals surface area (Å²) in [4.78, 5) is 27.2. The van der Waals surface area contributed by atoms with E-state index in [-0.39, 0.29) is 29.8 Å². The Bertz CT molecular complexity index is 579. The lowest BCUT2D eigenvalue weighted by Crippen LogP contribution is -2.52. The quantitative estimate of drug-likeness (QED) is 0.655. The van der Waals surface area contributed by atoms with Crippen molar-refractivity contribution in [2.75, 3.05) is 32.8 Å². The number of hydrogen-bond acceptors (Lipinski definition) is 5. The summed E-state index contributed by atoms with van der Waals surface area (Å²) in [5.41, 5.74) is 0.533. The first-order valence-electron chi connectivity index (χ1n) is 7.87. The molecule has 1 N–H and O–H groups in total. The third-order valence-corrected chi connectivity index (χ3v) is 4.45. The summed E-state index contributed by atoms with van der Waals surface area (Å²) in [5, 5.41) is 20.6. The summed E-state index contributed by atoms with van der Waals surface area (Å²) < 4.78 is 0. The Balaban J connectivity index is 2.12. The molecule has 0 aromatic heterocycles. The second-order valence-corrected chi connectivity index (χ2v) is 5.80. The standard InChI is InChI=1S/C16H23N3O4/c1-3-13(11-20)17-7-9-18(10-8-17)16(21)14-6-4-5-12(2)15(14)19(22)23/h4-6,13,20H,3,7-11H2,1-2H3. The van der Waals surface area contributed by atoms with Crippen molar-refractivity contribution in [3.8, 4) is 0 Å². The number of carbonyl (C=O) groups excluding carboxylic acids is 1. The van der Waals surface area contributed by atoms with Crippen molar-refractivity contribution in [3.63, 3.8) is 0 Å². The Hall–Kier alpha value is -1.99. The summed E-state index contributed by atoms with van der Waals surface area (Å²) in [6.45, 7) is 6.14. The van der Waals surface area contributed by atoms with E-state index in [1.807, 2.05) is 6.92 Å². The maximum absolute atomic E-state index is 12.6. The molecule has 0 bridgehead atoms. The van der Waals surface area contributed by atoms with Crippen molar-refractivity contribution in [1.29, 1.82) is 0 Å². The van der Waals surface area contributed by atoms with Crippen LogP contribution in [0.4, 0.5) is 5.69 Å². The van der Waals surface area contributed by atoms with E-state index in [0.717, 1.165) is 6.42 Å². The van der Waals surface area contributed by atoms with Crippen molar-refractivity contribution < 1.29 is 14.8 Å². The lowest BCUT2D eigenvalue weighted by molar-refractivity contribution is -0.385. The molecule has 1 aliphatic rings. The topological polar surface area (TPSA) is 86.9 Å². The minimum absolute atomic E-state index is 0.105. The molecule has 0 aliphatic carbocycles. The summed E-state index contributed by atoms with van der Waals surface area (Å²) >= 11 is 0. The van der Waals surface area contributed by atoms with Gasteiger partial charge < -0.3 is 10.0 Å². The third-order valence-electron chi connectivity index (χ3n) is 4.45. The predicted octanol–water partition coefficient (Wildman–Crippen LogP) is 1.43. The zero-order valence-electron chi connectivity index (χ0n) is 13.6. The van der Waals surface area contributed by atoms with Gasteiger partial charge in [-0.15, -0.1) is 0 Å². The first kappa shape index (κ1) is 17.4. The molecule has 1 unspecified atom stereocenters. The van der Waals surface area contributed by atoms with Gasteiger partial charge in [0, 0.05) is 37.8 Å². The molecule has 1 amide bonds. The Morgan fingerprint density at radius 3 is 2.52 bits per heavy atom. The average molecular weight is 321 g/mol. The van der Waals surface area contributed by atoms with Crippen LogP contribution < -0.4 is 0 Å². The highest BCUT2D eigenvalue weighted by Gasteiger charge is 2.29. The van der Waals surface area contributed by atoms with Crippen LogP contribution in [0.1, 0.15) is 29.3 Å². The van der Waals surface area contributed by atoms with E-state index >= 15 is 0 Å². The first-order chi connectivity index (χ1) is 11.0. The zero-order chi connectivity index (χ0) is 17.0. The van der Waals surface area contributed by atoms with Crippen LogP contribution in [-0.2, 0) is 0 Å². The largest absolute Gasteiger partial charge is 0.395 e. The molecule has 23 heavy (non-hydrogen) atoms. The Kier molecular flexibility index (Phi) is 5.68. The number of aliphatic hydroxyl groups excluding tert-OH is 1. The third kappa shape index (κ3) is 3.68. The lowest BCUT2D eigenvalue weighted by Gasteiger charge is -2.38. The Morgan fingerprint density at radius 1 is 1.35 bits per heavy atom. The van der Waals surface area contributed by atoms with Gasteiger partial charge in [-0.05, 0) is 19.4 Å². The molecule has 0 saturated carbocycles. The number of nitro benzene ring substituents is 1. The second-order valence-electron chi connectivity index (χ2n) is 5.80. The number of para-hydroxylation sites is 1. The lowest BCUT2D eigenvalue weighted by atomic mass is 10.1. The second kappa shape index (κ2) is 7.52. The van der Waals surface area contributed by atoms with Crippen molar-refractivity contribution in [1.82, 2.24) is 9.80 Å². The molecule has 1 fully saturated rings. The highest BCUT2D eigenvalue weighted by Crippen LogP contribution is 2.25. The van der Waals surface area contributed by atoms with Gasteiger partial charge in [-0.3, -0.25) is 19.8 Å². The zero-order valence-corrected chi connectivity index (χ0v) is 13.6. The van der Waals surface area contributed by atoms with E-state index < -0.39 is 4.92 Å². The number of carbonyl (C=O) groups is 1. The Morgan fingerprint density at radius 2 is 2.00 bits per heavy atom. The summed E-state index contributed by atoms with van der Waals surface area (Å²) in [6.07, 6.45) is 0.855. The molecule has 2 rings (SSSR count). The van der Waals surface area contributed by atoms with Crippen LogP contribution in [0.15, 0.2) is 18.2 Å². The van der Waals surface area contributed by atoms with Crippen LogP contribution in [0, 0.1) is 17.0 Å². The van der Waals surface area contributed by atoms with E-state index in [1.165, 1.54) is 6.07 Å². The van der Waals surface area contributed by atoms with Crippen LogP contribution in [0.2, 0.25) is 0 Å². The van der Waals surface area contributed by atoms with Gasteiger partial charge in [-0.25, -0.2) is 0 Å². The van der Waals surface area contributed by atoms with Crippen molar-refractivity contribution in [2.24, 2.45) is 0 Å².